The molecule has 2 heterocycles. The maximum absolute atomic E-state index is 12.6. The van der Waals surface area contributed by atoms with Crippen LogP contribution in [-0.4, -0.2) is 71.4 Å². The van der Waals surface area contributed by atoms with E-state index in [2.05, 4.69) is 0 Å². The third kappa shape index (κ3) is 1.41. The fraction of sp³-hybridized carbons (Fsp3) is 0.955. The van der Waals surface area contributed by atoms with Gasteiger partial charge in [0.05, 0.1) is 11.0 Å². The van der Waals surface area contributed by atoms with Gasteiger partial charge in [0, 0.05) is 25.2 Å². The third-order valence-corrected chi connectivity index (χ3v) is 10.5. The molecular weight excluding hydrogens is 392 g/mol. The molecule has 2 aliphatic heterocycles. The lowest BCUT2D eigenvalue weighted by Crippen LogP contribution is -2.75. The van der Waals surface area contributed by atoms with Crippen molar-refractivity contribution in [3.8, 4) is 0 Å². The molecule has 2 saturated heterocycles. The molecule has 0 unspecified atom stereocenters. The maximum atomic E-state index is 12.6. The molecule has 1 spiro atoms. The van der Waals surface area contributed by atoms with Crippen LogP contribution >= 0.6 is 0 Å². The number of carbonyl (C=O) groups excluding carboxylic acids is 1. The Kier molecular flexibility index (Phi) is 3.46. The van der Waals surface area contributed by atoms with Crippen LogP contribution in [0, 0.1) is 22.7 Å². The Hall–Kier alpha value is -0.770. The second-order valence-corrected chi connectivity index (χ2v) is 11.5. The maximum Gasteiger partial charge on any atom is 0.303 e. The van der Waals surface area contributed by atoms with Crippen LogP contribution in [0.1, 0.15) is 67.2 Å². The van der Waals surface area contributed by atoms with Gasteiger partial charge in [-0.05, 0) is 31.6 Å². The van der Waals surface area contributed by atoms with Crippen LogP contribution in [-0.2, 0) is 14.3 Å². The topological polar surface area (TPSA) is 137 Å². The van der Waals surface area contributed by atoms with Gasteiger partial charge in [-0.1, -0.05) is 27.7 Å². The molecule has 4 saturated carbocycles. The molecule has 8 heteroatoms. The molecule has 8 nitrogen and oxygen atoms in total. The Bertz CT molecular complexity index is 862. The summed E-state index contributed by atoms with van der Waals surface area (Å²) in [6, 6.07) is 0. The molecular formula is C22H34O8. The van der Waals surface area contributed by atoms with Gasteiger partial charge >= 0.3 is 5.97 Å². The molecule has 6 aliphatic rings. The smallest absolute Gasteiger partial charge is 0.303 e. The van der Waals surface area contributed by atoms with Crippen molar-refractivity contribution >= 4 is 5.97 Å². The summed E-state index contributed by atoms with van der Waals surface area (Å²) in [5.41, 5.74) is -12.8. The first-order valence-corrected chi connectivity index (χ1v) is 11.0. The van der Waals surface area contributed by atoms with E-state index < -0.39 is 62.6 Å². The fourth-order valence-electron chi connectivity index (χ4n) is 8.99. The number of hydrogen-bond donors (Lipinski definition) is 5. The van der Waals surface area contributed by atoms with Crippen LogP contribution in [0.25, 0.3) is 0 Å². The highest BCUT2D eigenvalue weighted by Gasteiger charge is 3.07. The number of carbonyl (C=O) groups is 1. The lowest BCUT2D eigenvalue weighted by molar-refractivity contribution is -0.390. The molecule has 0 aromatic heterocycles. The minimum Gasteiger partial charge on any atom is -0.459 e. The molecule has 30 heavy (non-hydrogen) atoms. The van der Waals surface area contributed by atoms with Crippen LogP contribution < -0.4 is 0 Å². The van der Waals surface area contributed by atoms with Gasteiger partial charge in [-0.2, -0.15) is 0 Å². The summed E-state index contributed by atoms with van der Waals surface area (Å²) in [6.45, 7) is 9.81. The largest absolute Gasteiger partial charge is 0.459 e. The molecule has 0 amide bonds. The van der Waals surface area contributed by atoms with Crippen LogP contribution in [0.2, 0.25) is 0 Å². The van der Waals surface area contributed by atoms with Gasteiger partial charge < -0.3 is 35.0 Å². The summed E-state index contributed by atoms with van der Waals surface area (Å²) in [6.07, 6.45) is -0.776. The number of aliphatic hydroxyl groups is 5. The van der Waals surface area contributed by atoms with Crippen LogP contribution in [0.4, 0.5) is 0 Å². The monoisotopic (exact) mass is 426 g/mol. The lowest BCUT2D eigenvalue weighted by Gasteiger charge is -2.61. The van der Waals surface area contributed by atoms with Crippen molar-refractivity contribution in [1.82, 2.24) is 0 Å². The minimum absolute atomic E-state index is 0.149. The Balaban J connectivity index is 1.91. The summed E-state index contributed by atoms with van der Waals surface area (Å²) in [5, 5.41) is 60.8. The molecule has 0 radical (unpaired) electrons. The van der Waals surface area contributed by atoms with Crippen LogP contribution in [0.3, 0.4) is 0 Å². The molecule has 0 aromatic rings. The first kappa shape index (κ1) is 21.1. The normalized spacial score (nSPS) is 65.3. The summed E-state index contributed by atoms with van der Waals surface area (Å²) in [5.74, 6) is -3.37. The summed E-state index contributed by atoms with van der Waals surface area (Å²) >= 11 is 0. The Morgan fingerprint density at radius 2 is 1.67 bits per heavy atom. The number of esters is 1. The van der Waals surface area contributed by atoms with Gasteiger partial charge in [0.1, 0.15) is 22.9 Å². The SMILES string of the molecule is CC(=O)O[C@@H]1[C@H](C)CC[C@]2(O)[C@]3(C)C[C@]4(O)O[C@]12[C@]1(O)[C@@]3(O)C[C@](O)(C(C)C)[C@@]14C. The van der Waals surface area contributed by atoms with Crippen LogP contribution in [0.15, 0.2) is 0 Å². The second kappa shape index (κ2) is 4.92. The summed E-state index contributed by atoms with van der Waals surface area (Å²) in [4.78, 5) is 12.1. The summed E-state index contributed by atoms with van der Waals surface area (Å²) < 4.78 is 12.0. The van der Waals surface area contributed by atoms with Crippen molar-refractivity contribution in [2.75, 3.05) is 0 Å². The zero-order valence-electron chi connectivity index (χ0n) is 18.5. The van der Waals surface area contributed by atoms with Crippen molar-refractivity contribution in [1.29, 1.82) is 0 Å². The van der Waals surface area contributed by atoms with Crippen molar-refractivity contribution in [2.45, 2.75) is 107 Å². The van der Waals surface area contributed by atoms with E-state index in [4.69, 9.17) is 9.47 Å². The predicted molar refractivity (Wildman–Crippen MR) is 103 cm³/mol. The van der Waals surface area contributed by atoms with Gasteiger partial charge in [0.2, 0.25) is 0 Å². The van der Waals surface area contributed by atoms with E-state index in [1.54, 1.807) is 20.8 Å². The van der Waals surface area contributed by atoms with E-state index in [0.717, 1.165) is 0 Å². The molecule has 0 aromatic carbocycles. The van der Waals surface area contributed by atoms with Gasteiger partial charge in [0.25, 0.3) is 0 Å². The van der Waals surface area contributed by atoms with E-state index in [1.165, 1.54) is 13.8 Å². The molecule has 6 rings (SSSR count). The number of ether oxygens (including phenoxy) is 2. The van der Waals surface area contributed by atoms with Crippen molar-refractivity contribution in [3.63, 3.8) is 0 Å². The van der Waals surface area contributed by atoms with Gasteiger partial charge in [-0.25, -0.2) is 0 Å². The summed E-state index contributed by atoms with van der Waals surface area (Å²) in [7, 11) is 0. The predicted octanol–water partition coefficient (Wildman–Crippen LogP) is 0.220. The standard InChI is InChI=1S/C22H34O8/c1-11(2)17(24)10-19(26)15(5)9-20(27)16(17,6)22(19,28)21(30-20)14(29-13(4)23)12(3)7-8-18(15,21)25/h11-12,14,24-28H,7-10H2,1-6H3/t12-,14-,15+,16-,17+,18+,19-,20+,21-,22-/m1/s1. The van der Waals surface area contributed by atoms with Crippen LogP contribution in [0.5, 0.6) is 0 Å². The minimum atomic E-state index is -2.25. The highest BCUT2D eigenvalue weighted by atomic mass is 16.7. The van der Waals surface area contributed by atoms with Crippen molar-refractivity contribution in [3.05, 3.63) is 0 Å². The zero-order chi connectivity index (χ0) is 22.6. The van der Waals surface area contributed by atoms with Gasteiger partial charge in [-0.3, -0.25) is 4.79 Å². The van der Waals surface area contributed by atoms with E-state index in [1.807, 2.05) is 6.92 Å². The highest BCUT2D eigenvalue weighted by Crippen LogP contribution is 2.90. The lowest BCUT2D eigenvalue weighted by atomic mass is 9.52. The van der Waals surface area contributed by atoms with E-state index in [9.17, 15) is 30.3 Å². The van der Waals surface area contributed by atoms with E-state index in [0.29, 0.717) is 6.42 Å². The van der Waals surface area contributed by atoms with Gasteiger partial charge in [-0.15, -0.1) is 0 Å². The first-order chi connectivity index (χ1) is 13.5. The highest BCUT2D eigenvalue weighted by molar-refractivity contribution is 5.67. The Morgan fingerprint density at radius 3 is 2.20 bits per heavy atom. The average Bonchev–Trinajstić information content (AvgIpc) is 2.87. The molecule has 5 N–H and O–H groups in total. The quantitative estimate of drug-likeness (QED) is 0.396. The third-order valence-electron chi connectivity index (χ3n) is 10.5. The van der Waals surface area contributed by atoms with E-state index in [-0.39, 0.29) is 25.2 Å². The number of rotatable bonds is 2. The molecule has 10 atom stereocenters. The zero-order valence-corrected chi connectivity index (χ0v) is 18.5. The second-order valence-electron chi connectivity index (χ2n) is 11.5. The van der Waals surface area contributed by atoms with E-state index >= 15 is 0 Å². The van der Waals surface area contributed by atoms with Crippen molar-refractivity contribution in [2.24, 2.45) is 22.7 Å². The van der Waals surface area contributed by atoms with Crippen molar-refractivity contribution < 1.29 is 39.8 Å². The Morgan fingerprint density at radius 1 is 1.07 bits per heavy atom. The molecule has 6 bridgehead atoms. The molecule has 6 fully saturated rings. The Labute approximate surface area is 176 Å². The molecule has 4 aliphatic carbocycles. The number of hydrogen-bond acceptors (Lipinski definition) is 8. The average molecular weight is 427 g/mol. The first-order valence-electron chi connectivity index (χ1n) is 11.0. The fourth-order valence-corrected chi connectivity index (χ4v) is 8.99. The van der Waals surface area contributed by atoms with Gasteiger partial charge in [0.15, 0.2) is 11.4 Å². The molecule has 170 valence electrons.